The van der Waals surface area contributed by atoms with Gasteiger partial charge < -0.3 is 5.32 Å². The quantitative estimate of drug-likeness (QED) is 0.867. The van der Waals surface area contributed by atoms with Crippen LogP contribution in [0, 0.1) is 17.6 Å². The Hall–Kier alpha value is -2.05. The molecule has 7 heteroatoms. The van der Waals surface area contributed by atoms with Crippen molar-refractivity contribution in [2.45, 2.75) is 31.3 Å². The maximum absolute atomic E-state index is 13.4. The number of rotatable bonds is 4. The Morgan fingerprint density at radius 3 is 2.52 bits per heavy atom. The van der Waals surface area contributed by atoms with Crippen molar-refractivity contribution in [3.8, 4) is 0 Å². The lowest BCUT2D eigenvalue weighted by molar-refractivity contribution is 0.0136. The molecule has 3 aliphatic rings. The number of pyridine rings is 1. The first-order valence-corrected chi connectivity index (χ1v) is 9.00. The summed E-state index contributed by atoms with van der Waals surface area (Å²) in [5.41, 5.74) is 1.15. The fourth-order valence-electron chi connectivity index (χ4n) is 4.30. The van der Waals surface area contributed by atoms with E-state index >= 15 is 0 Å². The van der Waals surface area contributed by atoms with Gasteiger partial charge in [0.15, 0.2) is 0 Å². The lowest BCUT2D eigenvalue weighted by atomic mass is 9.76. The zero-order valence-corrected chi connectivity index (χ0v) is 15.6. The largest absolute Gasteiger partial charge is 0.347 e. The first-order valence-electron chi connectivity index (χ1n) is 9.00. The molecular formula is C20H22ClF2N3O. The summed E-state index contributed by atoms with van der Waals surface area (Å²) in [6, 6.07) is 7.03. The normalized spacial score (nSPS) is 26.3. The van der Waals surface area contributed by atoms with Crippen LogP contribution in [0.4, 0.5) is 8.78 Å². The summed E-state index contributed by atoms with van der Waals surface area (Å²) < 4.78 is 26.9. The van der Waals surface area contributed by atoms with E-state index in [4.69, 9.17) is 0 Å². The molecule has 3 saturated heterocycles. The van der Waals surface area contributed by atoms with Gasteiger partial charge in [-0.05, 0) is 62.0 Å². The number of aromatic nitrogens is 1. The molecule has 3 aliphatic heterocycles. The Balaban J connectivity index is 0.00000210. The summed E-state index contributed by atoms with van der Waals surface area (Å²) in [7, 11) is 0. The van der Waals surface area contributed by atoms with Gasteiger partial charge in [0, 0.05) is 36.1 Å². The molecular weight excluding hydrogens is 372 g/mol. The minimum absolute atomic E-state index is 0. The molecule has 4 heterocycles. The van der Waals surface area contributed by atoms with Gasteiger partial charge in [-0.25, -0.2) is 8.78 Å². The van der Waals surface area contributed by atoms with E-state index in [2.05, 4.69) is 15.2 Å². The van der Waals surface area contributed by atoms with Gasteiger partial charge in [0.2, 0.25) is 0 Å². The third-order valence-corrected chi connectivity index (χ3v) is 5.56. The van der Waals surface area contributed by atoms with Crippen LogP contribution < -0.4 is 5.32 Å². The number of carbonyl (C=O) groups is 1. The fourth-order valence-corrected chi connectivity index (χ4v) is 4.30. The van der Waals surface area contributed by atoms with Crippen molar-refractivity contribution in [1.82, 2.24) is 15.2 Å². The molecule has 2 aromatic rings. The zero-order chi connectivity index (χ0) is 18.1. The molecule has 0 aliphatic carbocycles. The maximum Gasteiger partial charge on any atom is 0.251 e. The van der Waals surface area contributed by atoms with Gasteiger partial charge in [-0.2, -0.15) is 0 Å². The zero-order valence-electron chi connectivity index (χ0n) is 14.8. The predicted octanol–water partition coefficient (Wildman–Crippen LogP) is 3.22. The molecule has 1 aromatic heterocycles. The van der Waals surface area contributed by atoms with Crippen LogP contribution in [0.5, 0.6) is 0 Å². The van der Waals surface area contributed by atoms with Crippen molar-refractivity contribution < 1.29 is 13.6 Å². The van der Waals surface area contributed by atoms with Crippen LogP contribution in [0.2, 0.25) is 0 Å². The van der Waals surface area contributed by atoms with E-state index in [1.54, 1.807) is 6.20 Å². The van der Waals surface area contributed by atoms with Gasteiger partial charge in [0.25, 0.3) is 5.91 Å². The highest BCUT2D eigenvalue weighted by molar-refractivity contribution is 5.94. The molecule has 1 amide bonds. The van der Waals surface area contributed by atoms with Crippen molar-refractivity contribution in [3.05, 3.63) is 65.5 Å². The Kier molecular flexibility index (Phi) is 6.07. The maximum atomic E-state index is 13.4. The molecule has 4 nitrogen and oxygen atoms in total. The summed E-state index contributed by atoms with van der Waals surface area (Å²) in [5, 5.41) is 3.06. The number of benzene rings is 1. The van der Waals surface area contributed by atoms with Crippen molar-refractivity contribution in [2.24, 2.45) is 5.92 Å². The molecule has 27 heavy (non-hydrogen) atoms. The Labute approximate surface area is 163 Å². The molecule has 0 spiro atoms. The van der Waals surface area contributed by atoms with Crippen molar-refractivity contribution in [2.75, 3.05) is 13.1 Å². The molecule has 2 bridgehead atoms. The summed E-state index contributed by atoms with van der Waals surface area (Å²) in [6.07, 6.45) is 6.46. The van der Waals surface area contributed by atoms with Gasteiger partial charge >= 0.3 is 0 Å². The van der Waals surface area contributed by atoms with Crippen LogP contribution >= 0.6 is 12.4 Å². The van der Waals surface area contributed by atoms with E-state index in [0.717, 1.165) is 56.1 Å². The van der Waals surface area contributed by atoms with Crippen LogP contribution in [-0.2, 0) is 6.42 Å². The summed E-state index contributed by atoms with van der Waals surface area (Å²) in [6.45, 7) is 2.05. The third-order valence-electron chi connectivity index (χ3n) is 5.56. The number of hydrogen-bond acceptors (Lipinski definition) is 3. The molecule has 144 valence electrons. The topological polar surface area (TPSA) is 45.2 Å². The fraction of sp³-hybridized carbons (Fsp3) is 0.400. The number of fused-ring (bicyclic) bond motifs is 3. The number of nitrogens with one attached hydrogen (secondary N) is 1. The Morgan fingerprint density at radius 1 is 1.19 bits per heavy atom. The third kappa shape index (κ3) is 4.28. The first kappa shape index (κ1) is 19.7. The summed E-state index contributed by atoms with van der Waals surface area (Å²) >= 11 is 0. The standard InChI is InChI=1S/C20H21F2N3O.ClH/c21-16-9-15(10-17(22)11-16)20(26)24-19-14-3-6-25(7-4-14)18(19)8-13-2-1-5-23-12-13;/h1-2,5,9-12,14,18-19H,3-4,6-8H2,(H,24,26);1H/t18-,19+;/m0./s1. The number of amides is 1. The summed E-state index contributed by atoms with van der Waals surface area (Å²) in [4.78, 5) is 19.2. The smallest absolute Gasteiger partial charge is 0.251 e. The molecule has 5 rings (SSSR count). The SMILES string of the molecule is Cl.O=C(N[C@@H]1C2CCN(CC2)[C@H]1Cc1cccnc1)c1cc(F)cc(F)c1. The van der Waals surface area contributed by atoms with Gasteiger partial charge in [0.05, 0.1) is 0 Å². The van der Waals surface area contributed by atoms with Gasteiger partial charge in [-0.3, -0.25) is 14.7 Å². The number of hydrogen-bond donors (Lipinski definition) is 1. The highest BCUT2D eigenvalue weighted by Gasteiger charge is 2.42. The van der Waals surface area contributed by atoms with Crippen LogP contribution in [0.25, 0.3) is 0 Å². The second-order valence-electron chi connectivity index (χ2n) is 7.16. The lowest BCUT2D eigenvalue weighted by Gasteiger charge is -2.51. The van der Waals surface area contributed by atoms with Crippen LogP contribution in [0.15, 0.2) is 42.7 Å². The number of carbonyl (C=O) groups excluding carboxylic acids is 1. The highest BCUT2D eigenvalue weighted by Crippen LogP contribution is 2.34. The van der Waals surface area contributed by atoms with Crippen LogP contribution in [-0.4, -0.2) is 41.0 Å². The molecule has 0 saturated carbocycles. The van der Waals surface area contributed by atoms with Crippen molar-refractivity contribution in [1.29, 1.82) is 0 Å². The molecule has 1 aromatic carbocycles. The van der Waals surface area contributed by atoms with Crippen LogP contribution in [0.3, 0.4) is 0 Å². The second-order valence-corrected chi connectivity index (χ2v) is 7.16. The van der Waals surface area contributed by atoms with Gasteiger partial charge in [-0.15, -0.1) is 12.4 Å². The Bertz CT molecular complexity index is 777. The van der Waals surface area contributed by atoms with E-state index in [-0.39, 0.29) is 30.1 Å². The van der Waals surface area contributed by atoms with Crippen molar-refractivity contribution in [3.63, 3.8) is 0 Å². The minimum Gasteiger partial charge on any atom is -0.347 e. The first-order chi connectivity index (χ1) is 12.6. The average molecular weight is 394 g/mol. The number of piperidine rings is 3. The van der Waals surface area contributed by atoms with Crippen LogP contribution in [0.1, 0.15) is 28.8 Å². The van der Waals surface area contributed by atoms with E-state index in [9.17, 15) is 13.6 Å². The second kappa shape index (κ2) is 8.31. The monoisotopic (exact) mass is 393 g/mol. The molecule has 3 fully saturated rings. The molecule has 1 N–H and O–H groups in total. The van der Waals surface area contributed by atoms with Gasteiger partial charge in [0.1, 0.15) is 11.6 Å². The van der Waals surface area contributed by atoms with E-state index in [0.29, 0.717) is 5.92 Å². The summed E-state index contributed by atoms with van der Waals surface area (Å²) in [5.74, 6) is -1.51. The molecule has 0 unspecified atom stereocenters. The predicted molar refractivity (Wildman–Crippen MR) is 101 cm³/mol. The highest BCUT2D eigenvalue weighted by atomic mass is 35.5. The average Bonchev–Trinajstić information content (AvgIpc) is 2.64. The lowest BCUT2D eigenvalue weighted by Crippen LogP contribution is -2.64. The number of halogens is 3. The minimum atomic E-state index is -0.740. The Morgan fingerprint density at radius 2 is 1.89 bits per heavy atom. The molecule has 0 radical (unpaired) electrons. The van der Waals surface area contributed by atoms with E-state index in [1.165, 1.54) is 0 Å². The van der Waals surface area contributed by atoms with E-state index in [1.807, 2.05) is 18.3 Å². The van der Waals surface area contributed by atoms with E-state index < -0.39 is 17.5 Å². The number of nitrogens with zero attached hydrogens (tertiary/aromatic N) is 2. The van der Waals surface area contributed by atoms with Crippen molar-refractivity contribution >= 4 is 18.3 Å². The van der Waals surface area contributed by atoms with Gasteiger partial charge in [-0.1, -0.05) is 6.07 Å². The molecule has 2 atom stereocenters.